The first-order valence-corrected chi connectivity index (χ1v) is 11.6. The fourth-order valence-electron chi connectivity index (χ4n) is 4.92. The van der Waals surface area contributed by atoms with Gasteiger partial charge in [0.15, 0.2) is 5.69 Å². The number of aromatic nitrogens is 4. The third-order valence-electron chi connectivity index (χ3n) is 6.80. The second-order valence-electron chi connectivity index (χ2n) is 9.90. The summed E-state index contributed by atoms with van der Waals surface area (Å²) >= 11 is 0. The van der Waals surface area contributed by atoms with Gasteiger partial charge in [0.05, 0.1) is 17.9 Å². The molecule has 3 heterocycles. The van der Waals surface area contributed by atoms with Gasteiger partial charge in [-0.3, -0.25) is 19.4 Å². The van der Waals surface area contributed by atoms with Crippen molar-refractivity contribution in [3.63, 3.8) is 0 Å². The van der Waals surface area contributed by atoms with Crippen LogP contribution in [0, 0.1) is 5.41 Å². The molecule has 0 spiro atoms. The van der Waals surface area contributed by atoms with E-state index in [2.05, 4.69) is 34.5 Å². The molecule has 1 fully saturated rings. The van der Waals surface area contributed by atoms with Crippen molar-refractivity contribution in [2.24, 2.45) is 5.41 Å². The number of carbonyl (C=O) groups is 2. The number of nitrogens with one attached hydrogen (secondary N) is 2. The average molecular weight is 447 g/mol. The van der Waals surface area contributed by atoms with Gasteiger partial charge in [0.1, 0.15) is 0 Å². The van der Waals surface area contributed by atoms with Gasteiger partial charge in [-0.2, -0.15) is 10.2 Å². The van der Waals surface area contributed by atoms with E-state index in [1.165, 1.54) is 0 Å². The Bertz CT molecular complexity index is 1160. The van der Waals surface area contributed by atoms with Gasteiger partial charge in [-0.1, -0.05) is 44.2 Å². The molecular formula is C25H30N6O2. The summed E-state index contributed by atoms with van der Waals surface area (Å²) in [5.41, 5.74) is 4.46. The zero-order chi connectivity index (χ0) is 23.0. The summed E-state index contributed by atoms with van der Waals surface area (Å²) in [5, 5.41) is 14.9. The molecule has 172 valence electrons. The maximum absolute atomic E-state index is 13.0. The van der Waals surface area contributed by atoms with E-state index in [1.807, 2.05) is 46.1 Å². The molecule has 2 amide bonds. The summed E-state index contributed by atoms with van der Waals surface area (Å²) in [6.45, 7) is 5.81. The third kappa shape index (κ3) is 4.42. The highest BCUT2D eigenvalue weighted by Gasteiger charge is 2.31. The van der Waals surface area contributed by atoms with E-state index in [0.717, 1.165) is 49.0 Å². The number of hydrogen-bond acceptors (Lipinski definition) is 4. The standard InChI is InChI=1S/C25H30N6O2/c1-25(2)11-10-19-20(13-25)28-29-23(19)24(33)27-18-14-26-31(15-18)21(17-7-4-3-5-8-17)16-30-12-6-9-22(30)32/h3-5,7-8,14-15,21H,6,9-13,16H2,1-2H3,(H,27,33)(H,28,29). The van der Waals surface area contributed by atoms with Crippen LogP contribution in [0.2, 0.25) is 0 Å². The van der Waals surface area contributed by atoms with Crippen LogP contribution in [-0.4, -0.2) is 49.8 Å². The zero-order valence-corrected chi connectivity index (χ0v) is 19.2. The fraction of sp³-hybridized carbons (Fsp3) is 0.440. The van der Waals surface area contributed by atoms with Gasteiger partial charge < -0.3 is 10.2 Å². The fourth-order valence-corrected chi connectivity index (χ4v) is 4.92. The number of rotatable bonds is 6. The van der Waals surface area contributed by atoms with Crippen LogP contribution in [0.25, 0.3) is 0 Å². The molecule has 5 rings (SSSR count). The molecule has 0 saturated carbocycles. The number of amides is 2. The van der Waals surface area contributed by atoms with Crippen molar-refractivity contribution in [1.29, 1.82) is 0 Å². The summed E-state index contributed by atoms with van der Waals surface area (Å²) in [6, 6.07) is 9.91. The van der Waals surface area contributed by atoms with Crippen molar-refractivity contribution in [2.45, 2.75) is 52.0 Å². The van der Waals surface area contributed by atoms with Crippen LogP contribution in [0.3, 0.4) is 0 Å². The Morgan fingerprint density at radius 2 is 2.06 bits per heavy atom. The van der Waals surface area contributed by atoms with Gasteiger partial charge in [-0.15, -0.1) is 0 Å². The van der Waals surface area contributed by atoms with Crippen molar-refractivity contribution >= 4 is 17.5 Å². The van der Waals surface area contributed by atoms with Gasteiger partial charge in [0.25, 0.3) is 5.91 Å². The molecule has 1 aromatic carbocycles. The minimum atomic E-state index is -0.224. The zero-order valence-electron chi connectivity index (χ0n) is 19.2. The van der Waals surface area contributed by atoms with Crippen LogP contribution in [0.15, 0.2) is 42.7 Å². The number of anilines is 1. The van der Waals surface area contributed by atoms with Crippen molar-refractivity contribution in [3.05, 3.63) is 65.2 Å². The predicted molar refractivity (Wildman–Crippen MR) is 125 cm³/mol. The molecule has 1 aliphatic carbocycles. The van der Waals surface area contributed by atoms with Crippen molar-refractivity contribution in [3.8, 4) is 0 Å². The van der Waals surface area contributed by atoms with Crippen molar-refractivity contribution in [2.75, 3.05) is 18.4 Å². The molecule has 0 radical (unpaired) electrons. The molecule has 1 unspecified atom stereocenters. The van der Waals surface area contributed by atoms with E-state index in [4.69, 9.17) is 0 Å². The molecule has 8 nitrogen and oxygen atoms in total. The van der Waals surface area contributed by atoms with Gasteiger partial charge in [0.2, 0.25) is 5.91 Å². The minimum absolute atomic E-state index is 0.126. The lowest BCUT2D eigenvalue weighted by molar-refractivity contribution is -0.128. The van der Waals surface area contributed by atoms with Gasteiger partial charge in [0, 0.05) is 37.0 Å². The Morgan fingerprint density at radius 3 is 2.82 bits per heavy atom. The summed E-state index contributed by atoms with van der Waals surface area (Å²) < 4.78 is 1.83. The Morgan fingerprint density at radius 1 is 1.24 bits per heavy atom. The number of likely N-dealkylation sites (tertiary alicyclic amines) is 1. The Kier molecular flexibility index (Phi) is 5.52. The maximum atomic E-state index is 13.0. The Hall–Kier alpha value is -3.42. The Labute approximate surface area is 193 Å². The van der Waals surface area contributed by atoms with Crippen molar-refractivity contribution < 1.29 is 9.59 Å². The van der Waals surface area contributed by atoms with Gasteiger partial charge >= 0.3 is 0 Å². The van der Waals surface area contributed by atoms with Crippen LogP contribution in [0.1, 0.15) is 66.5 Å². The molecule has 8 heteroatoms. The van der Waals surface area contributed by atoms with Gasteiger partial charge in [-0.25, -0.2) is 0 Å². The van der Waals surface area contributed by atoms with E-state index in [-0.39, 0.29) is 23.3 Å². The molecule has 33 heavy (non-hydrogen) atoms. The van der Waals surface area contributed by atoms with Crippen LogP contribution in [-0.2, 0) is 17.6 Å². The molecule has 3 aromatic rings. The average Bonchev–Trinajstić information content (AvgIpc) is 3.52. The SMILES string of the molecule is CC1(C)CCc2c(C(=O)Nc3cnn(C(CN4CCCC4=O)c4ccccc4)c3)n[nH]c2C1. The topological polar surface area (TPSA) is 95.9 Å². The molecule has 2 N–H and O–H groups in total. The Balaban J connectivity index is 1.35. The van der Waals surface area contributed by atoms with Crippen LogP contribution >= 0.6 is 0 Å². The second-order valence-corrected chi connectivity index (χ2v) is 9.90. The quantitative estimate of drug-likeness (QED) is 0.605. The monoisotopic (exact) mass is 446 g/mol. The van der Waals surface area contributed by atoms with E-state index < -0.39 is 0 Å². The first-order chi connectivity index (χ1) is 15.9. The summed E-state index contributed by atoms with van der Waals surface area (Å²) in [5.74, 6) is -0.0409. The molecule has 2 aromatic heterocycles. The lowest BCUT2D eigenvalue weighted by atomic mass is 9.76. The lowest BCUT2D eigenvalue weighted by Gasteiger charge is -2.28. The lowest BCUT2D eigenvalue weighted by Crippen LogP contribution is -2.32. The molecule has 1 aliphatic heterocycles. The summed E-state index contributed by atoms with van der Waals surface area (Å²) in [4.78, 5) is 27.1. The number of H-pyrrole nitrogens is 1. The molecule has 1 saturated heterocycles. The normalized spacial score (nSPS) is 18.2. The van der Waals surface area contributed by atoms with E-state index in [0.29, 0.717) is 24.3 Å². The largest absolute Gasteiger partial charge is 0.340 e. The molecule has 2 aliphatic rings. The summed E-state index contributed by atoms with van der Waals surface area (Å²) in [7, 11) is 0. The smallest absolute Gasteiger partial charge is 0.276 e. The van der Waals surface area contributed by atoms with Crippen LogP contribution in [0.4, 0.5) is 5.69 Å². The number of fused-ring (bicyclic) bond motifs is 1. The van der Waals surface area contributed by atoms with Crippen LogP contribution in [0.5, 0.6) is 0 Å². The molecular weight excluding hydrogens is 416 g/mol. The second kappa shape index (κ2) is 8.50. The highest BCUT2D eigenvalue weighted by atomic mass is 16.2. The first-order valence-electron chi connectivity index (χ1n) is 11.6. The first kappa shape index (κ1) is 21.4. The number of hydrogen-bond donors (Lipinski definition) is 2. The number of aromatic amines is 1. The van der Waals surface area contributed by atoms with Crippen molar-refractivity contribution in [1.82, 2.24) is 24.9 Å². The predicted octanol–water partition coefficient (Wildman–Crippen LogP) is 3.59. The highest BCUT2D eigenvalue weighted by Crippen LogP contribution is 2.35. The minimum Gasteiger partial charge on any atom is -0.340 e. The molecule has 0 bridgehead atoms. The van der Waals surface area contributed by atoms with Gasteiger partial charge in [-0.05, 0) is 36.7 Å². The number of carbonyl (C=O) groups excluding carboxylic acids is 2. The van der Waals surface area contributed by atoms with E-state index >= 15 is 0 Å². The summed E-state index contributed by atoms with van der Waals surface area (Å²) in [6.07, 6.45) is 7.76. The highest BCUT2D eigenvalue weighted by molar-refractivity contribution is 6.03. The van der Waals surface area contributed by atoms with Crippen LogP contribution < -0.4 is 5.32 Å². The maximum Gasteiger partial charge on any atom is 0.276 e. The van der Waals surface area contributed by atoms with E-state index in [1.54, 1.807) is 6.20 Å². The molecule has 1 atom stereocenters. The number of benzene rings is 1. The number of nitrogens with zero attached hydrogens (tertiary/aromatic N) is 4. The third-order valence-corrected chi connectivity index (χ3v) is 6.80. The van der Waals surface area contributed by atoms with E-state index in [9.17, 15) is 9.59 Å².